The summed E-state index contributed by atoms with van der Waals surface area (Å²) in [6.07, 6.45) is 10.1. The third kappa shape index (κ3) is 4.76. The first-order valence-corrected chi connectivity index (χ1v) is 10.8. The standard InChI is InChI=1S/C26H29N3O/c1-18(4-5-19(2)23-10-11-24-25(17-23)28-13-12-27-24)22-8-6-21(7-9-22)16-20(3)26-29-14-15-30-26/h6-15,17-20H,4-5,16H2,1-3H3. The Hall–Kier alpha value is -3.01. The van der Waals surface area contributed by atoms with Gasteiger partial charge < -0.3 is 4.42 Å². The molecule has 0 aliphatic carbocycles. The van der Waals surface area contributed by atoms with Crippen molar-refractivity contribution in [2.24, 2.45) is 0 Å². The number of fused-ring (bicyclic) bond motifs is 1. The SMILES string of the molecule is CC(CCC(C)c1ccc2nccnc2c1)c1ccc(CC(C)c2ncco2)cc1. The fraction of sp³-hybridized carbons (Fsp3) is 0.346. The summed E-state index contributed by atoms with van der Waals surface area (Å²) in [5, 5.41) is 0. The molecule has 0 fully saturated rings. The topological polar surface area (TPSA) is 51.8 Å². The predicted molar refractivity (Wildman–Crippen MR) is 121 cm³/mol. The first-order chi connectivity index (χ1) is 14.6. The molecule has 154 valence electrons. The lowest BCUT2D eigenvalue weighted by molar-refractivity contribution is 0.457. The van der Waals surface area contributed by atoms with Crippen LogP contribution in [-0.2, 0) is 6.42 Å². The number of rotatable bonds is 8. The van der Waals surface area contributed by atoms with Gasteiger partial charge >= 0.3 is 0 Å². The van der Waals surface area contributed by atoms with Crippen molar-refractivity contribution in [2.45, 2.75) is 57.8 Å². The van der Waals surface area contributed by atoms with Gasteiger partial charge in [0.25, 0.3) is 0 Å². The number of oxazole rings is 1. The van der Waals surface area contributed by atoms with E-state index in [1.807, 2.05) is 0 Å². The Morgan fingerprint density at radius 3 is 2.07 bits per heavy atom. The fourth-order valence-electron chi connectivity index (χ4n) is 4.02. The van der Waals surface area contributed by atoms with Crippen LogP contribution >= 0.6 is 0 Å². The van der Waals surface area contributed by atoms with Gasteiger partial charge in [-0.05, 0) is 59.9 Å². The third-order valence-corrected chi connectivity index (χ3v) is 6.06. The second kappa shape index (κ2) is 9.21. The zero-order chi connectivity index (χ0) is 20.9. The van der Waals surface area contributed by atoms with E-state index >= 15 is 0 Å². The molecule has 0 amide bonds. The zero-order valence-electron chi connectivity index (χ0n) is 18.0. The van der Waals surface area contributed by atoms with Gasteiger partial charge in [-0.15, -0.1) is 0 Å². The van der Waals surface area contributed by atoms with Crippen molar-refractivity contribution < 1.29 is 4.42 Å². The van der Waals surface area contributed by atoms with Crippen molar-refractivity contribution in [3.63, 3.8) is 0 Å². The average Bonchev–Trinajstić information content (AvgIpc) is 3.32. The minimum absolute atomic E-state index is 0.288. The van der Waals surface area contributed by atoms with Gasteiger partial charge in [0.2, 0.25) is 0 Å². The van der Waals surface area contributed by atoms with Gasteiger partial charge in [0.1, 0.15) is 6.26 Å². The van der Waals surface area contributed by atoms with Crippen molar-refractivity contribution in [3.05, 3.63) is 89.9 Å². The van der Waals surface area contributed by atoms with Crippen LogP contribution in [0.25, 0.3) is 11.0 Å². The minimum atomic E-state index is 0.288. The van der Waals surface area contributed by atoms with Gasteiger partial charge in [-0.1, -0.05) is 51.1 Å². The lowest BCUT2D eigenvalue weighted by atomic mass is 9.88. The largest absolute Gasteiger partial charge is 0.449 e. The number of hydrogen-bond acceptors (Lipinski definition) is 4. The molecule has 0 radical (unpaired) electrons. The average molecular weight is 400 g/mol. The van der Waals surface area contributed by atoms with Crippen LogP contribution in [0.5, 0.6) is 0 Å². The Kier molecular flexibility index (Phi) is 6.22. The van der Waals surface area contributed by atoms with E-state index in [1.54, 1.807) is 24.9 Å². The maximum Gasteiger partial charge on any atom is 0.197 e. The van der Waals surface area contributed by atoms with Gasteiger partial charge in [-0.2, -0.15) is 0 Å². The fourth-order valence-corrected chi connectivity index (χ4v) is 4.02. The van der Waals surface area contributed by atoms with Crippen LogP contribution in [0, 0.1) is 0 Å². The van der Waals surface area contributed by atoms with Crippen LogP contribution in [0.15, 0.2) is 71.7 Å². The molecule has 0 saturated carbocycles. The van der Waals surface area contributed by atoms with Gasteiger partial charge in [0.05, 0.1) is 17.2 Å². The highest BCUT2D eigenvalue weighted by Crippen LogP contribution is 2.29. The molecule has 0 N–H and O–H groups in total. The highest BCUT2D eigenvalue weighted by molar-refractivity contribution is 5.74. The van der Waals surface area contributed by atoms with Crippen molar-refractivity contribution in [2.75, 3.05) is 0 Å². The Bertz CT molecular complexity index is 1070. The maximum atomic E-state index is 5.43. The molecule has 0 bridgehead atoms. The van der Waals surface area contributed by atoms with Crippen molar-refractivity contribution >= 4 is 11.0 Å². The van der Waals surface area contributed by atoms with E-state index in [1.165, 1.54) is 16.7 Å². The summed E-state index contributed by atoms with van der Waals surface area (Å²) in [7, 11) is 0. The summed E-state index contributed by atoms with van der Waals surface area (Å²) >= 11 is 0. The predicted octanol–water partition coefficient (Wildman–Crippen LogP) is 6.65. The second-order valence-corrected chi connectivity index (χ2v) is 8.40. The summed E-state index contributed by atoms with van der Waals surface area (Å²) in [6.45, 7) is 6.78. The van der Waals surface area contributed by atoms with E-state index in [0.29, 0.717) is 11.8 Å². The van der Waals surface area contributed by atoms with Crippen molar-refractivity contribution in [1.82, 2.24) is 15.0 Å². The molecule has 30 heavy (non-hydrogen) atoms. The first-order valence-electron chi connectivity index (χ1n) is 10.8. The van der Waals surface area contributed by atoms with Gasteiger partial charge in [-0.3, -0.25) is 9.97 Å². The van der Waals surface area contributed by atoms with Crippen molar-refractivity contribution in [1.29, 1.82) is 0 Å². The molecular weight excluding hydrogens is 370 g/mol. The van der Waals surface area contributed by atoms with E-state index in [2.05, 4.69) is 78.2 Å². The molecule has 4 nitrogen and oxygen atoms in total. The van der Waals surface area contributed by atoms with Crippen LogP contribution in [-0.4, -0.2) is 15.0 Å². The Morgan fingerprint density at radius 2 is 1.37 bits per heavy atom. The lowest BCUT2D eigenvalue weighted by Gasteiger charge is -2.17. The molecule has 4 heteroatoms. The third-order valence-electron chi connectivity index (χ3n) is 6.06. The highest BCUT2D eigenvalue weighted by Gasteiger charge is 2.13. The van der Waals surface area contributed by atoms with Gasteiger partial charge in [0, 0.05) is 18.3 Å². The maximum absolute atomic E-state index is 5.43. The molecule has 0 saturated heterocycles. The summed E-state index contributed by atoms with van der Waals surface area (Å²) in [6, 6.07) is 15.5. The van der Waals surface area contributed by atoms with E-state index in [-0.39, 0.29) is 5.92 Å². The molecule has 4 rings (SSSR count). The van der Waals surface area contributed by atoms with Crippen LogP contribution in [0.3, 0.4) is 0 Å². The Labute approximate surface area is 178 Å². The molecule has 2 aromatic heterocycles. The van der Waals surface area contributed by atoms with E-state index in [9.17, 15) is 0 Å². The molecule has 2 aromatic carbocycles. The molecule has 0 aliphatic heterocycles. The minimum Gasteiger partial charge on any atom is -0.449 e. The lowest BCUT2D eigenvalue weighted by Crippen LogP contribution is -2.01. The number of benzene rings is 2. The smallest absolute Gasteiger partial charge is 0.197 e. The van der Waals surface area contributed by atoms with Crippen LogP contribution in [0.4, 0.5) is 0 Å². The number of aromatic nitrogens is 3. The second-order valence-electron chi connectivity index (χ2n) is 8.40. The zero-order valence-corrected chi connectivity index (χ0v) is 18.0. The molecular formula is C26H29N3O. The van der Waals surface area contributed by atoms with Crippen LogP contribution in [0.1, 0.15) is 73.9 Å². The highest BCUT2D eigenvalue weighted by atomic mass is 16.3. The van der Waals surface area contributed by atoms with Crippen LogP contribution in [0.2, 0.25) is 0 Å². The van der Waals surface area contributed by atoms with Gasteiger partial charge in [-0.25, -0.2) is 4.98 Å². The summed E-state index contributed by atoms with van der Waals surface area (Å²) < 4.78 is 5.43. The van der Waals surface area contributed by atoms with Gasteiger partial charge in [0.15, 0.2) is 5.89 Å². The summed E-state index contributed by atoms with van der Waals surface area (Å²) in [5.74, 6) is 2.13. The van der Waals surface area contributed by atoms with E-state index < -0.39 is 0 Å². The number of nitrogens with zero attached hydrogens (tertiary/aromatic N) is 3. The molecule has 4 aromatic rings. The van der Waals surface area contributed by atoms with Crippen molar-refractivity contribution in [3.8, 4) is 0 Å². The summed E-state index contributed by atoms with van der Waals surface area (Å²) in [4.78, 5) is 13.1. The Morgan fingerprint density at radius 1 is 0.700 bits per heavy atom. The molecule has 0 spiro atoms. The van der Waals surface area contributed by atoms with E-state index in [4.69, 9.17) is 4.42 Å². The Balaban J connectivity index is 1.33. The quantitative estimate of drug-likeness (QED) is 0.333. The number of hydrogen-bond donors (Lipinski definition) is 0. The monoisotopic (exact) mass is 399 g/mol. The normalized spacial score (nSPS) is 14.5. The van der Waals surface area contributed by atoms with Crippen LogP contribution < -0.4 is 0 Å². The molecule has 0 aliphatic rings. The first kappa shape index (κ1) is 20.3. The summed E-state index contributed by atoms with van der Waals surface area (Å²) in [5.41, 5.74) is 6.00. The molecule has 3 unspecified atom stereocenters. The molecule has 2 heterocycles. The van der Waals surface area contributed by atoms with E-state index in [0.717, 1.165) is 36.2 Å². The molecule has 3 atom stereocenters.